The van der Waals surface area contributed by atoms with Crippen molar-refractivity contribution in [1.29, 1.82) is 0 Å². The van der Waals surface area contributed by atoms with Crippen LogP contribution < -0.4 is 29.6 Å². The second kappa shape index (κ2) is 7.27. The number of carbonyl (C=O) groups is 1. The summed E-state index contributed by atoms with van der Waals surface area (Å²) >= 11 is 0. The third kappa shape index (κ3) is 6.27. The second-order valence-corrected chi connectivity index (χ2v) is 0.861. The van der Waals surface area contributed by atoms with Gasteiger partial charge in [-0.1, -0.05) is 0 Å². The minimum absolute atomic E-state index is 0. The molecule has 0 spiro atoms. The molecule has 0 bridgehead atoms. The van der Waals surface area contributed by atoms with E-state index in [4.69, 9.17) is 0 Å². The Morgan fingerprint density at radius 3 is 2.50 bits per heavy atom. The van der Waals surface area contributed by atoms with E-state index in [2.05, 4.69) is 4.74 Å². The van der Waals surface area contributed by atoms with E-state index in [9.17, 15) is 9.18 Å². The molecule has 42 valence electrons. The maximum Gasteiger partial charge on any atom is 1.00 e. The Labute approximate surface area is 69.7 Å². The van der Waals surface area contributed by atoms with Crippen LogP contribution in [0.4, 0.5) is 4.39 Å². The van der Waals surface area contributed by atoms with Crippen LogP contribution in [0.15, 0.2) is 0 Å². The summed E-state index contributed by atoms with van der Waals surface area (Å²) in [5.74, 6) is -0.914. The molecule has 0 rings (SSSR count). The van der Waals surface area contributed by atoms with Gasteiger partial charge in [0.05, 0.1) is 6.61 Å². The molecule has 0 amide bonds. The van der Waals surface area contributed by atoms with Gasteiger partial charge in [-0.3, -0.25) is 4.79 Å². The Bertz CT molecular complexity index is 67.1. The number of hydrogen-bond donors (Lipinski definition) is 0. The SMILES string of the molecule is CCOC(=O)[CH-]F.[Na+]. The number of esters is 1. The van der Waals surface area contributed by atoms with Gasteiger partial charge in [0.25, 0.3) is 0 Å². The molecule has 4 heteroatoms. The fourth-order valence-corrected chi connectivity index (χ4v) is 0.174. The van der Waals surface area contributed by atoms with Crippen molar-refractivity contribution in [3.8, 4) is 0 Å². The van der Waals surface area contributed by atoms with Gasteiger partial charge in [-0.05, 0) is 6.92 Å². The molecular formula is C4H6FNaO2. The Kier molecular flexibility index (Phi) is 10.1. The van der Waals surface area contributed by atoms with Crippen molar-refractivity contribution in [2.45, 2.75) is 6.92 Å². The monoisotopic (exact) mass is 128 g/mol. The number of rotatable bonds is 2. The quantitative estimate of drug-likeness (QED) is 0.237. The molecule has 0 saturated heterocycles. The first-order valence-electron chi connectivity index (χ1n) is 1.91. The van der Waals surface area contributed by atoms with E-state index < -0.39 is 5.97 Å². The molecule has 8 heavy (non-hydrogen) atoms. The van der Waals surface area contributed by atoms with Gasteiger partial charge in [0.2, 0.25) is 0 Å². The Balaban J connectivity index is 0. The summed E-state index contributed by atoms with van der Waals surface area (Å²) in [6.07, 6.45) is 0. The number of carbonyl (C=O) groups excluding carboxylic acids is 1. The van der Waals surface area contributed by atoms with E-state index in [-0.39, 0.29) is 42.8 Å². The largest absolute Gasteiger partial charge is 1.00 e. The summed E-state index contributed by atoms with van der Waals surface area (Å²) < 4.78 is 15.1. The molecule has 0 unspecified atom stereocenters. The maximum atomic E-state index is 11.0. The van der Waals surface area contributed by atoms with Gasteiger partial charge in [-0.2, -0.15) is 0 Å². The molecule has 0 aromatic rings. The summed E-state index contributed by atoms with van der Waals surface area (Å²) in [6.45, 7) is 1.73. The summed E-state index contributed by atoms with van der Waals surface area (Å²) in [5, 5.41) is 0. The van der Waals surface area contributed by atoms with E-state index in [1.165, 1.54) is 0 Å². The summed E-state index contributed by atoms with van der Waals surface area (Å²) in [6, 6.07) is 0. The van der Waals surface area contributed by atoms with Crippen LogP contribution in [0.5, 0.6) is 0 Å². The van der Waals surface area contributed by atoms with E-state index >= 15 is 0 Å². The fourth-order valence-electron chi connectivity index (χ4n) is 0.174. The number of hydrogen-bond acceptors (Lipinski definition) is 2. The number of ether oxygens (including phenoxy) is 1. The molecule has 0 saturated carbocycles. The molecule has 0 aliphatic rings. The normalized spacial score (nSPS) is 6.75. The van der Waals surface area contributed by atoms with Gasteiger partial charge < -0.3 is 9.13 Å². The Morgan fingerprint density at radius 2 is 2.38 bits per heavy atom. The molecule has 0 aliphatic carbocycles. The van der Waals surface area contributed by atoms with Crippen LogP contribution in [0, 0.1) is 6.67 Å². The average molecular weight is 128 g/mol. The topological polar surface area (TPSA) is 26.3 Å². The van der Waals surface area contributed by atoms with Crippen LogP contribution in [0.2, 0.25) is 0 Å². The van der Waals surface area contributed by atoms with Crippen LogP contribution >= 0.6 is 0 Å². The van der Waals surface area contributed by atoms with Gasteiger partial charge in [0, 0.05) is 0 Å². The van der Waals surface area contributed by atoms with Crippen molar-refractivity contribution in [1.82, 2.24) is 0 Å². The second-order valence-electron chi connectivity index (χ2n) is 0.861. The molecular weight excluding hydrogens is 122 g/mol. The van der Waals surface area contributed by atoms with Crippen LogP contribution in [0.1, 0.15) is 6.92 Å². The van der Waals surface area contributed by atoms with Crippen LogP contribution in [-0.4, -0.2) is 12.6 Å². The molecule has 0 atom stereocenters. The molecule has 2 nitrogen and oxygen atoms in total. The van der Waals surface area contributed by atoms with Gasteiger partial charge in [-0.15, -0.1) is 6.67 Å². The first-order chi connectivity index (χ1) is 3.31. The fraction of sp³-hybridized carbons (Fsp3) is 0.500. The zero-order valence-corrected chi connectivity index (χ0v) is 6.98. The van der Waals surface area contributed by atoms with Gasteiger partial charge in [-0.25, -0.2) is 0 Å². The molecule has 0 aromatic heterocycles. The minimum Gasteiger partial charge on any atom is -0.486 e. The maximum absolute atomic E-state index is 11.0. The number of halogens is 1. The van der Waals surface area contributed by atoms with Crippen molar-refractivity contribution < 1.29 is 43.5 Å². The summed E-state index contributed by atoms with van der Waals surface area (Å²) in [5.41, 5.74) is 0. The van der Waals surface area contributed by atoms with Crippen molar-refractivity contribution in [3.63, 3.8) is 0 Å². The smallest absolute Gasteiger partial charge is 0.486 e. The summed E-state index contributed by atoms with van der Waals surface area (Å²) in [7, 11) is 0. The van der Waals surface area contributed by atoms with E-state index in [1.54, 1.807) is 6.92 Å². The first-order valence-corrected chi connectivity index (χ1v) is 1.91. The zero-order valence-electron chi connectivity index (χ0n) is 4.98. The molecule has 0 aromatic carbocycles. The standard InChI is InChI=1S/C4H6FO2.Na/c1-2-7-4(6)3-5;/h3H,2H2,1H3;/q-1;+1. The van der Waals surface area contributed by atoms with Gasteiger partial charge >= 0.3 is 29.6 Å². The van der Waals surface area contributed by atoms with Crippen molar-refractivity contribution >= 4 is 5.97 Å². The van der Waals surface area contributed by atoms with Crippen LogP contribution in [0.25, 0.3) is 0 Å². The molecule has 0 heterocycles. The molecule has 0 fully saturated rings. The third-order valence-electron chi connectivity index (χ3n) is 0.376. The van der Waals surface area contributed by atoms with Crippen molar-refractivity contribution in [2.24, 2.45) is 0 Å². The van der Waals surface area contributed by atoms with Crippen molar-refractivity contribution in [3.05, 3.63) is 6.67 Å². The average Bonchev–Trinajstić information content (AvgIpc) is 1.68. The first kappa shape index (κ1) is 11.1. The zero-order chi connectivity index (χ0) is 5.70. The third-order valence-corrected chi connectivity index (χ3v) is 0.376. The van der Waals surface area contributed by atoms with Gasteiger partial charge in [0.1, 0.15) is 0 Å². The molecule has 0 radical (unpaired) electrons. The predicted molar refractivity (Wildman–Crippen MR) is 22.0 cm³/mol. The van der Waals surface area contributed by atoms with E-state index in [0.29, 0.717) is 0 Å². The molecule has 0 aliphatic heterocycles. The predicted octanol–water partition coefficient (Wildman–Crippen LogP) is -2.32. The summed E-state index contributed by atoms with van der Waals surface area (Å²) in [4.78, 5) is 9.76. The van der Waals surface area contributed by atoms with E-state index in [1.807, 2.05) is 0 Å². The Morgan fingerprint density at radius 1 is 1.88 bits per heavy atom. The van der Waals surface area contributed by atoms with Crippen molar-refractivity contribution in [2.75, 3.05) is 6.61 Å². The minimum atomic E-state index is -0.914. The Hall–Kier alpha value is 0.270. The van der Waals surface area contributed by atoms with Crippen LogP contribution in [0.3, 0.4) is 0 Å². The molecule has 0 N–H and O–H groups in total. The van der Waals surface area contributed by atoms with E-state index in [0.717, 1.165) is 0 Å². The van der Waals surface area contributed by atoms with Gasteiger partial charge in [0.15, 0.2) is 5.97 Å². The van der Waals surface area contributed by atoms with Crippen LogP contribution in [-0.2, 0) is 9.53 Å².